The summed E-state index contributed by atoms with van der Waals surface area (Å²) in [6.45, 7) is 4.36. The highest BCUT2D eigenvalue weighted by Gasteiger charge is 2.09. The molecular formula is C7H11BrO3. The van der Waals surface area contributed by atoms with E-state index >= 15 is 0 Å². The Morgan fingerprint density at radius 2 is 1.91 bits per heavy atom. The molecule has 0 aromatic carbocycles. The molecule has 0 aliphatic carbocycles. The molecule has 0 aromatic rings. The van der Waals surface area contributed by atoms with E-state index in [4.69, 9.17) is 4.74 Å². The van der Waals surface area contributed by atoms with Crippen molar-refractivity contribution in [1.29, 1.82) is 0 Å². The average Bonchev–Trinajstić information content (AvgIpc) is 2.00. The molecule has 0 rings (SSSR count). The Kier molecular flexibility index (Phi) is 5.93. The fraction of sp³-hybridized carbons (Fsp3) is 0.571. The number of halogens is 1. The summed E-state index contributed by atoms with van der Waals surface area (Å²) in [6.07, 6.45) is 0. The van der Waals surface area contributed by atoms with Crippen molar-refractivity contribution in [3.63, 3.8) is 0 Å². The molecule has 0 atom stereocenters. The molecule has 0 aromatic heterocycles. The highest BCUT2D eigenvalue weighted by Crippen LogP contribution is 2.03. The summed E-state index contributed by atoms with van der Waals surface area (Å²) in [6, 6.07) is 0. The van der Waals surface area contributed by atoms with E-state index in [2.05, 4.69) is 20.7 Å². The minimum atomic E-state index is -0.439. The van der Waals surface area contributed by atoms with Gasteiger partial charge in [-0.25, -0.2) is 4.79 Å². The van der Waals surface area contributed by atoms with E-state index in [0.717, 1.165) is 0 Å². The lowest BCUT2D eigenvalue weighted by atomic mass is 10.5. The minimum Gasteiger partial charge on any atom is -0.486 e. The maximum atomic E-state index is 10.9. The van der Waals surface area contributed by atoms with Crippen LogP contribution in [0.15, 0.2) is 10.7 Å². The van der Waals surface area contributed by atoms with Gasteiger partial charge in [0.25, 0.3) is 0 Å². The van der Waals surface area contributed by atoms with Gasteiger partial charge in [0.15, 0.2) is 0 Å². The molecule has 0 radical (unpaired) electrons. The van der Waals surface area contributed by atoms with Gasteiger partial charge >= 0.3 is 5.97 Å². The highest BCUT2D eigenvalue weighted by molar-refractivity contribution is 9.11. The van der Waals surface area contributed by atoms with Gasteiger partial charge in [0.1, 0.15) is 0 Å². The summed E-state index contributed by atoms with van der Waals surface area (Å²) in [5.74, 6) is -0.236. The smallest absolute Gasteiger partial charge is 0.374 e. The van der Waals surface area contributed by atoms with Crippen LogP contribution in [0.3, 0.4) is 0 Å². The molecule has 0 saturated carbocycles. The topological polar surface area (TPSA) is 35.5 Å². The third-order valence-electron chi connectivity index (χ3n) is 0.876. The molecule has 64 valence electrons. The van der Waals surface area contributed by atoms with E-state index in [1.807, 2.05) is 0 Å². The SMILES string of the molecule is CCOC(=O)C(=CBr)OCC. The summed E-state index contributed by atoms with van der Waals surface area (Å²) >= 11 is 3.00. The van der Waals surface area contributed by atoms with E-state index in [9.17, 15) is 4.79 Å². The molecule has 0 unspecified atom stereocenters. The summed E-state index contributed by atoms with van der Waals surface area (Å²) < 4.78 is 9.63. The van der Waals surface area contributed by atoms with E-state index in [1.165, 1.54) is 4.99 Å². The maximum Gasteiger partial charge on any atom is 0.374 e. The van der Waals surface area contributed by atoms with Gasteiger partial charge in [-0.15, -0.1) is 0 Å². The molecular weight excluding hydrogens is 212 g/mol. The first-order valence-electron chi connectivity index (χ1n) is 3.36. The van der Waals surface area contributed by atoms with Crippen LogP contribution in [-0.4, -0.2) is 19.2 Å². The second kappa shape index (κ2) is 6.22. The van der Waals surface area contributed by atoms with Crippen molar-refractivity contribution in [3.8, 4) is 0 Å². The van der Waals surface area contributed by atoms with Crippen molar-refractivity contribution in [2.75, 3.05) is 13.2 Å². The van der Waals surface area contributed by atoms with Gasteiger partial charge in [0, 0.05) is 4.99 Å². The molecule has 0 spiro atoms. The quantitative estimate of drug-likeness (QED) is 0.414. The Balaban J connectivity index is 3.94. The predicted molar refractivity (Wildman–Crippen MR) is 45.3 cm³/mol. The number of esters is 1. The van der Waals surface area contributed by atoms with Crippen molar-refractivity contribution in [2.24, 2.45) is 0 Å². The summed E-state index contributed by atoms with van der Waals surface area (Å²) in [7, 11) is 0. The number of carbonyl (C=O) groups is 1. The number of rotatable bonds is 4. The number of ether oxygens (including phenoxy) is 2. The van der Waals surface area contributed by atoms with Crippen LogP contribution in [0.5, 0.6) is 0 Å². The molecule has 0 saturated heterocycles. The summed E-state index contributed by atoms with van der Waals surface area (Å²) in [5.41, 5.74) is 0. The normalized spacial score (nSPS) is 11.0. The van der Waals surface area contributed by atoms with Gasteiger partial charge in [0.05, 0.1) is 13.2 Å². The first kappa shape index (κ1) is 10.5. The van der Waals surface area contributed by atoms with Crippen LogP contribution in [0.2, 0.25) is 0 Å². The van der Waals surface area contributed by atoms with Crippen molar-refractivity contribution < 1.29 is 14.3 Å². The average molecular weight is 223 g/mol. The largest absolute Gasteiger partial charge is 0.486 e. The first-order chi connectivity index (χ1) is 5.26. The zero-order valence-electron chi connectivity index (χ0n) is 6.59. The number of hydrogen-bond acceptors (Lipinski definition) is 3. The second-order valence-electron chi connectivity index (χ2n) is 1.63. The lowest BCUT2D eigenvalue weighted by Crippen LogP contribution is -2.09. The molecule has 3 nitrogen and oxygen atoms in total. The van der Waals surface area contributed by atoms with Gasteiger partial charge < -0.3 is 9.47 Å². The van der Waals surface area contributed by atoms with Gasteiger partial charge in [-0.3, -0.25) is 0 Å². The van der Waals surface area contributed by atoms with Crippen LogP contribution in [0.25, 0.3) is 0 Å². The highest BCUT2D eigenvalue weighted by atomic mass is 79.9. The molecule has 0 aliphatic heterocycles. The monoisotopic (exact) mass is 222 g/mol. The zero-order valence-corrected chi connectivity index (χ0v) is 8.18. The van der Waals surface area contributed by atoms with Gasteiger partial charge in [0.2, 0.25) is 5.76 Å². The van der Waals surface area contributed by atoms with Gasteiger partial charge in [-0.05, 0) is 13.8 Å². The van der Waals surface area contributed by atoms with Crippen molar-refractivity contribution in [1.82, 2.24) is 0 Å². The van der Waals surface area contributed by atoms with Crippen molar-refractivity contribution in [3.05, 3.63) is 10.7 Å². The molecule has 0 amide bonds. The van der Waals surface area contributed by atoms with Crippen LogP contribution in [0.1, 0.15) is 13.8 Å². The molecule has 0 N–H and O–H groups in total. The Bertz CT molecular complexity index is 154. The predicted octanol–water partition coefficient (Wildman–Crippen LogP) is 1.82. The van der Waals surface area contributed by atoms with E-state index in [0.29, 0.717) is 13.2 Å². The zero-order chi connectivity index (χ0) is 8.69. The van der Waals surface area contributed by atoms with Crippen LogP contribution in [-0.2, 0) is 14.3 Å². The molecule has 0 bridgehead atoms. The Morgan fingerprint density at radius 1 is 1.36 bits per heavy atom. The molecule has 0 fully saturated rings. The first-order valence-corrected chi connectivity index (χ1v) is 4.28. The molecule has 11 heavy (non-hydrogen) atoms. The Labute approximate surface area is 74.5 Å². The van der Waals surface area contributed by atoms with Gasteiger partial charge in [-0.1, -0.05) is 15.9 Å². The lowest BCUT2D eigenvalue weighted by molar-refractivity contribution is -0.142. The number of hydrogen-bond donors (Lipinski definition) is 0. The molecule has 4 heteroatoms. The minimum absolute atomic E-state index is 0.203. The van der Waals surface area contributed by atoms with E-state index < -0.39 is 5.97 Å². The molecule has 0 heterocycles. The van der Waals surface area contributed by atoms with E-state index in [-0.39, 0.29) is 5.76 Å². The van der Waals surface area contributed by atoms with Crippen LogP contribution in [0.4, 0.5) is 0 Å². The maximum absolute atomic E-state index is 10.9. The summed E-state index contributed by atoms with van der Waals surface area (Å²) in [5, 5.41) is 0. The lowest BCUT2D eigenvalue weighted by Gasteiger charge is -2.05. The van der Waals surface area contributed by atoms with Crippen molar-refractivity contribution in [2.45, 2.75) is 13.8 Å². The van der Waals surface area contributed by atoms with Gasteiger partial charge in [-0.2, -0.15) is 0 Å². The Hall–Kier alpha value is -0.510. The third-order valence-corrected chi connectivity index (χ3v) is 1.29. The molecule has 0 aliphatic rings. The summed E-state index contributed by atoms with van der Waals surface area (Å²) in [4.78, 5) is 12.3. The Morgan fingerprint density at radius 3 is 2.27 bits per heavy atom. The van der Waals surface area contributed by atoms with Crippen LogP contribution >= 0.6 is 15.9 Å². The van der Waals surface area contributed by atoms with Crippen molar-refractivity contribution >= 4 is 21.9 Å². The van der Waals surface area contributed by atoms with E-state index in [1.54, 1.807) is 13.8 Å². The van der Waals surface area contributed by atoms with Crippen LogP contribution in [0, 0.1) is 0 Å². The second-order valence-corrected chi connectivity index (χ2v) is 2.08. The standard InChI is InChI=1S/C7H11BrO3/c1-3-10-6(5-8)7(9)11-4-2/h5H,3-4H2,1-2H3. The fourth-order valence-corrected chi connectivity index (χ4v) is 0.812. The van der Waals surface area contributed by atoms with Crippen LogP contribution < -0.4 is 0 Å². The fourth-order valence-electron chi connectivity index (χ4n) is 0.493. The number of carbonyl (C=O) groups excluding carboxylic acids is 1. The third kappa shape index (κ3) is 4.03.